The zero-order valence-corrected chi connectivity index (χ0v) is 16.8. The van der Waals surface area contributed by atoms with E-state index in [1.807, 2.05) is 62.4 Å². The van der Waals surface area contributed by atoms with Gasteiger partial charge in [-0.15, -0.1) is 0 Å². The van der Waals surface area contributed by atoms with Crippen LogP contribution in [0.15, 0.2) is 78.5 Å². The molecule has 1 aliphatic rings. The number of hydrogen-bond acceptors (Lipinski definition) is 3. The molecule has 3 aromatic carbocycles. The fraction of sp³-hybridized carbons (Fsp3) is 0.120. The highest BCUT2D eigenvalue weighted by molar-refractivity contribution is 6.36. The summed E-state index contributed by atoms with van der Waals surface area (Å²) in [4.78, 5) is 27.8. The maximum Gasteiger partial charge on any atom is 0.278 e. The molecule has 0 atom stereocenters. The molecule has 3 aromatic rings. The number of halogens is 1. The van der Waals surface area contributed by atoms with Gasteiger partial charge in [0.15, 0.2) is 0 Å². The lowest BCUT2D eigenvalue weighted by atomic mass is 10.0. The molecule has 4 rings (SSSR count). The van der Waals surface area contributed by atoms with Crippen LogP contribution in [0.25, 0.3) is 5.57 Å². The van der Waals surface area contributed by atoms with E-state index >= 15 is 0 Å². The first-order valence-corrected chi connectivity index (χ1v) is 9.68. The molecule has 0 saturated heterocycles. The van der Waals surface area contributed by atoms with Gasteiger partial charge < -0.3 is 5.32 Å². The van der Waals surface area contributed by atoms with Crippen LogP contribution in [0.5, 0.6) is 0 Å². The molecule has 4 nitrogen and oxygen atoms in total. The first-order chi connectivity index (χ1) is 14.4. The van der Waals surface area contributed by atoms with Gasteiger partial charge in [0.1, 0.15) is 11.5 Å². The van der Waals surface area contributed by atoms with Crippen molar-refractivity contribution in [2.24, 2.45) is 0 Å². The Kier molecular flexibility index (Phi) is 5.19. The number of nitrogens with one attached hydrogen (secondary N) is 1. The van der Waals surface area contributed by atoms with E-state index < -0.39 is 17.6 Å². The van der Waals surface area contributed by atoms with Gasteiger partial charge in [0.05, 0.1) is 12.1 Å². The predicted molar refractivity (Wildman–Crippen MR) is 115 cm³/mol. The van der Waals surface area contributed by atoms with Crippen LogP contribution >= 0.6 is 0 Å². The van der Waals surface area contributed by atoms with Crippen molar-refractivity contribution >= 4 is 23.1 Å². The van der Waals surface area contributed by atoms with E-state index in [9.17, 15) is 14.0 Å². The number of rotatable bonds is 5. The van der Waals surface area contributed by atoms with Crippen molar-refractivity contribution in [3.8, 4) is 0 Å². The van der Waals surface area contributed by atoms with E-state index in [4.69, 9.17) is 0 Å². The van der Waals surface area contributed by atoms with Crippen LogP contribution in [0.2, 0.25) is 0 Å². The standard InChI is InChI=1S/C25H21FN2O2/c1-16-7-9-18(10-8-16)15-28-24(29)22(19-11-13-20(26)14-12-19)23(25(28)30)27-21-6-4-3-5-17(21)2/h3-14,27H,15H2,1-2H3. The number of hydrogen-bond donors (Lipinski definition) is 1. The van der Waals surface area contributed by atoms with Crippen molar-refractivity contribution in [2.45, 2.75) is 20.4 Å². The van der Waals surface area contributed by atoms with Gasteiger partial charge in [-0.05, 0) is 48.7 Å². The molecule has 5 heteroatoms. The van der Waals surface area contributed by atoms with Crippen LogP contribution < -0.4 is 5.32 Å². The zero-order chi connectivity index (χ0) is 21.3. The molecule has 0 spiro atoms. The number of nitrogens with zero attached hydrogens (tertiary/aromatic N) is 1. The second-order valence-corrected chi connectivity index (χ2v) is 7.38. The van der Waals surface area contributed by atoms with Crippen molar-refractivity contribution in [1.82, 2.24) is 4.90 Å². The Bertz CT molecular complexity index is 1150. The summed E-state index contributed by atoms with van der Waals surface area (Å²) in [6.45, 7) is 4.07. The average Bonchev–Trinajstić information content (AvgIpc) is 2.96. The molecule has 1 aliphatic heterocycles. The van der Waals surface area contributed by atoms with Gasteiger partial charge in [-0.3, -0.25) is 14.5 Å². The van der Waals surface area contributed by atoms with E-state index in [2.05, 4.69) is 5.32 Å². The number of carbonyl (C=O) groups is 2. The fourth-order valence-electron chi connectivity index (χ4n) is 3.44. The Hall–Kier alpha value is -3.73. The van der Waals surface area contributed by atoms with Crippen LogP contribution in [-0.4, -0.2) is 16.7 Å². The molecular weight excluding hydrogens is 379 g/mol. The molecule has 0 aliphatic carbocycles. The minimum Gasteiger partial charge on any atom is -0.350 e. The van der Waals surface area contributed by atoms with Crippen LogP contribution in [0.3, 0.4) is 0 Å². The maximum absolute atomic E-state index is 13.4. The van der Waals surface area contributed by atoms with E-state index in [1.54, 1.807) is 0 Å². The molecule has 30 heavy (non-hydrogen) atoms. The summed E-state index contributed by atoms with van der Waals surface area (Å²) in [6, 6.07) is 20.8. The van der Waals surface area contributed by atoms with Crippen LogP contribution in [0.1, 0.15) is 22.3 Å². The highest BCUT2D eigenvalue weighted by Crippen LogP contribution is 2.32. The molecule has 0 aromatic heterocycles. The molecule has 0 radical (unpaired) electrons. The normalized spacial score (nSPS) is 13.9. The SMILES string of the molecule is Cc1ccc(CN2C(=O)C(Nc3ccccc3C)=C(c3ccc(F)cc3)C2=O)cc1. The van der Waals surface area contributed by atoms with Gasteiger partial charge in [-0.1, -0.05) is 60.2 Å². The molecule has 150 valence electrons. The molecule has 1 heterocycles. The Morgan fingerprint density at radius 1 is 0.833 bits per heavy atom. The first kappa shape index (κ1) is 19.6. The van der Waals surface area contributed by atoms with E-state index in [0.717, 1.165) is 22.4 Å². The van der Waals surface area contributed by atoms with Crippen molar-refractivity contribution in [3.05, 3.63) is 107 Å². The van der Waals surface area contributed by atoms with Gasteiger partial charge in [0.25, 0.3) is 11.8 Å². The van der Waals surface area contributed by atoms with E-state index in [0.29, 0.717) is 5.56 Å². The molecule has 1 N–H and O–H groups in total. The number of carbonyl (C=O) groups excluding carboxylic acids is 2. The molecule has 0 fully saturated rings. The van der Waals surface area contributed by atoms with Crippen LogP contribution in [0, 0.1) is 19.7 Å². The summed E-state index contributed by atoms with van der Waals surface area (Å²) < 4.78 is 13.4. The summed E-state index contributed by atoms with van der Waals surface area (Å²) in [5, 5.41) is 3.15. The Morgan fingerprint density at radius 2 is 1.50 bits per heavy atom. The summed E-state index contributed by atoms with van der Waals surface area (Å²) >= 11 is 0. The third kappa shape index (κ3) is 3.74. The van der Waals surface area contributed by atoms with Crippen LogP contribution in [-0.2, 0) is 16.1 Å². The molecule has 0 saturated carbocycles. The minimum atomic E-state index is -0.402. The summed E-state index contributed by atoms with van der Waals surface area (Å²) in [5.41, 5.74) is 4.59. The second-order valence-electron chi connectivity index (χ2n) is 7.38. The third-order valence-electron chi connectivity index (χ3n) is 5.17. The number of imide groups is 1. The van der Waals surface area contributed by atoms with Gasteiger partial charge >= 0.3 is 0 Å². The first-order valence-electron chi connectivity index (χ1n) is 9.68. The number of benzene rings is 3. The number of anilines is 1. The van der Waals surface area contributed by atoms with Gasteiger partial charge in [0, 0.05) is 5.69 Å². The lowest BCUT2D eigenvalue weighted by molar-refractivity contribution is -0.137. The third-order valence-corrected chi connectivity index (χ3v) is 5.17. The molecule has 0 bridgehead atoms. The quantitative estimate of drug-likeness (QED) is 0.624. The van der Waals surface area contributed by atoms with E-state index in [-0.39, 0.29) is 17.8 Å². The largest absolute Gasteiger partial charge is 0.350 e. The number of para-hydroxylation sites is 1. The highest BCUT2D eigenvalue weighted by Gasteiger charge is 2.39. The lowest BCUT2D eigenvalue weighted by Gasteiger charge is -2.16. The Balaban J connectivity index is 1.74. The van der Waals surface area contributed by atoms with Crippen molar-refractivity contribution < 1.29 is 14.0 Å². The molecule has 0 unspecified atom stereocenters. The highest BCUT2D eigenvalue weighted by atomic mass is 19.1. The number of aryl methyl sites for hydroxylation is 2. The predicted octanol–water partition coefficient (Wildman–Crippen LogP) is 4.83. The van der Waals surface area contributed by atoms with Crippen LogP contribution in [0.4, 0.5) is 10.1 Å². The van der Waals surface area contributed by atoms with Crippen molar-refractivity contribution in [1.29, 1.82) is 0 Å². The Morgan fingerprint density at radius 3 is 2.17 bits per heavy atom. The molecule has 2 amide bonds. The number of amides is 2. The summed E-state index contributed by atoms with van der Waals surface area (Å²) in [6.07, 6.45) is 0. The minimum absolute atomic E-state index is 0.168. The van der Waals surface area contributed by atoms with Gasteiger partial charge in [-0.2, -0.15) is 0 Å². The van der Waals surface area contributed by atoms with Gasteiger partial charge in [-0.25, -0.2) is 4.39 Å². The second kappa shape index (κ2) is 7.95. The topological polar surface area (TPSA) is 49.4 Å². The van der Waals surface area contributed by atoms with Crippen molar-refractivity contribution in [3.63, 3.8) is 0 Å². The summed E-state index contributed by atoms with van der Waals surface area (Å²) in [7, 11) is 0. The summed E-state index contributed by atoms with van der Waals surface area (Å²) in [5.74, 6) is -1.20. The zero-order valence-electron chi connectivity index (χ0n) is 16.8. The Labute approximate surface area is 174 Å². The fourth-order valence-corrected chi connectivity index (χ4v) is 3.44. The lowest BCUT2D eigenvalue weighted by Crippen LogP contribution is -2.32. The van der Waals surface area contributed by atoms with Crippen molar-refractivity contribution in [2.75, 3.05) is 5.32 Å². The van der Waals surface area contributed by atoms with Gasteiger partial charge in [0.2, 0.25) is 0 Å². The molecular formula is C25H21FN2O2. The maximum atomic E-state index is 13.4. The monoisotopic (exact) mass is 400 g/mol. The van der Waals surface area contributed by atoms with E-state index in [1.165, 1.54) is 29.2 Å². The smallest absolute Gasteiger partial charge is 0.278 e. The average molecular weight is 400 g/mol.